The molecular formula is C16H24N2O3S2. The lowest BCUT2D eigenvalue weighted by molar-refractivity contribution is 0.0789. The van der Waals surface area contributed by atoms with Crippen LogP contribution in [0.2, 0.25) is 0 Å². The second kappa shape index (κ2) is 6.83. The summed E-state index contributed by atoms with van der Waals surface area (Å²) < 4.78 is 27.6. The number of carbonyl (C=O) groups excluding carboxylic acids is 1. The number of likely N-dealkylation sites (tertiary alicyclic amines) is 1. The second-order valence-electron chi connectivity index (χ2n) is 6.72. The van der Waals surface area contributed by atoms with E-state index in [1.54, 1.807) is 37.8 Å². The van der Waals surface area contributed by atoms with Gasteiger partial charge in [0.25, 0.3) is 5.91 Å². The van der Waals surface area contributed by atoms with E-state index in [0.717, 1.165) is 30.8 Å². The molecule has 1 aliphatic rings. The number of nitrogens with zero attached hydrogens (tertiary/aromatic N) is 1. The summed E-state index contributed by atoms with van der Waals surface area (Å²) in [4.78, 5) is 15.4. The predicted octanol–water partition coefficient (Wildman–Crippen LogP) is 2.72. The number of thioether (sulfide) groups is 1. The summed E-state index contributed by atoms with van der Waals surface area (Å²) in [6.07, 6.45) is 3.89. The van der Waals surface area contributed by atoms with Gasteiger partial charge >= 0.3 is 0 Å². The van der Waals surface area contributed by atoms with Crippen molar-refractivity contribution >= 4 is 27.7 Å². The Morgan fingerprint density at radius 1 is 1.22 bits per heavy atom. The topological polar surface area (TPSA) is 66.5 Å². The van der Waals surface area contributed by atoms with Crippen LogP contribution in [0.25, 0.3) is 0 Å². The summed E-state index contributed by atoms with van der Waals surface area (Å²) in [7, 11) is -3.65. The van der Waals surface area contributed by atoms with Crippen molar-refractivity contribution in [3.8, 4) is 0 Å². The van der Waals surface area contributed by atoms with Gasteiger partial charge in [-0.15, -0.1) is 11.8 Å². The normalized spacial score (nSPS) is 15.9. The van der Waals surface area contributed by atoms with Crippen LogP contribution in [-0.2, 0) is 10.0 Å². The second-order valence-corrected chi connectivity index (χ2v) is 9.25. The SMILES string of the molecule is CSc1ccc(S(=O)(=O)NC(C)(C)C)cc1C(=O)N1CCCC1. The molecule has 0 aromatic heterocycles. The van der Waals surface area contributed by atoms with E-state index in [0.29, 0.717) is 5.56 Å². The van der Waals surface area contributed by atoms with Crippen molar-refractivity contribution in [2.75, 3.05) is 19.3 Å². The third-order valence-corrected chi connectivity index (χ3v) is 6.10. The lowest BCUT2D eigenvalue weighted by Crippen LogP contribution is -2.40. The number of hydrogen-bond acceptors (Lipinski definition) is 4. The molecule has 0 radical (unpaired) electrons. The highest BCUT2D eigenvalue weighted by Gasteiger charge is 2.26. The Bertz CT molecular complexity index is 688. The van der Waals surface area contributed by atoms with Crippen molar-refractivity contribution in [1.82, 2.24) is 9.62 Å². The molecule has 1 aliphatic heterocycles. The minimum absolute atomic E-state index is 0.0836. The summed E-state index contributed by atoms with van der Waals surface area (Å²) in [6, 6.07) is 4.77. The van der Waals surface area contributed by atoms with Gasteiger partial charge < -0.3 is 4.90 Å². The summed E-state index contributed by atoms with van der Waals surface area (Å²) in [5, 5.41) is 0. The van der Waals surface area contributed by atoms with E-state index in [4.69, 9.17) is 0 Å². The van der Waals surface area contributed by atoms with Crippen LogP contribution in [0, 0.1) is 0 Å². The van der Waals surface area contributed by atoms with Gasteiger partial charge in [-0.25, -0.2) is 13.1 Å². The molecule has 1 aromatic rings. The van der Waals surface area contributed by atoms with E-state index in [2.05, 4.69) is 4.72 Å². The first-order valence-corrected chi connectivity index (χ1v) is 10.4. The van der Waals surface area contributed by atoms with Gasteiger partial charge in [0.15, 0.2) is 0 Å². The first-order valence-electron chi connectivity index (χ1n) is 7.65. The Morgan fingerprint density at radius 3 is 2.35 bits per heavy atom. The number of carbonyl (C=O) groups is 1. The zero-order valence-electron chi connectivity index (χ0n) is 14.0. The van der Waals surface area contributed by atoms with Crippen molar-refractivity contribution in [3.05, 3.63) is 23.8 Å². The average Bonchev–Trinajstić information content (AvgIpc) is 2.97. The van der Waals surface area contributed by atoms with E-state index in [-0.39, 0.29) is 10.8 Å². The van der Waals surface area contributed by atoms with E-state index >= 15 is 0 Å². The van der Waals surface area contributed by atoms with E-state index in [1.807, 2.05) is 6.26 Å². The standard InChI is InChI=1S/C16H24N2O3S2/c1-16(2,3)17-23(20,21)12-7-8-14(22-4)13(11-12)15(19)18-9-5-6-10-18/h7-8,11,17H,5-6,9-10H2,1-4H3. The lowest BCUT2D eigenvalue weighted by atomic mass is 10.1. The van der Waals surface area contributed by atoms with Gasteiger partial charge in [0.1, 0.15) is 0 Å². The van der Waals surface area contributed by atoms with Crippen molar-refractivity contribution in [3.63, 3.8) is 0 Å². The molecule has 1 amide bonds. The lowest BCUT2D eigenvalue weighted by Gasteiger charge is -2.21. The Kier molecular flexibility index (Phi) is 5.43. The maximum atomic E-state index is 12.7. The fraction of sp³-hybridized carbons (Fsp3) is 0.562. The third kappa shape index (κ3) is 4.49. The van der Waals surface area contributed by atoms with E-state index in [1.165, 1.54) is 17.8 Å². The van der Waals surface area contributed by atoms with Gasteiger partial charge in [0, 0.05) is 23.5 Å². The number of amides is 1. The van der Waals surface area contributed by atoms with Crippen LogP contribution < -0.4 is 4.72 Å². The maximum absolute atomic E-state index is 12.7. The maximum Gasteiger partial charge on any atom is 0.255 e. The van der Waals surface area contributed by atoms with Crippen LogP contribution in [0.1, 0.15) is 44.0 Å². The van der Waals surface area contributed by atoms with Crippen LogP contribution in [0.3, 0.4) is 0 Å². The van der Waals surface area contributed by atoms with Gasteiger partial charge in [0.2, 0.25) is 10.0 Å². The molecule has 1 aromatic carbocycles. The average molecular weight is 357 g/mol. The molecule has 2 rings (SSSR count). The van der Waals surface area contributed by atoms with Crippen molar-refractivity contribution in [2.45, 2.75) is 48.9 Å². The monoisotopic (exact) mass is 356 g/mol. The highest BCUT2D eigenvalue weighted by Crippen LogP contribution is 2.26. The molecule has 0 spiro atoms. The molecule has 1 heterocycles. The Balaban J connectivity index is 2.41. The number of hydrogen-bond donors (Lipinski definition) is 1. The Labute approximate surface area is 142 Å². The highest BCUT2D eigenvalue weighted by atomic mass is 32.2. The molecule has 7 heteroatoms. The highest BCUT2D eigenvalue weighted by molar-refractivity contribution is 7.98. The van der Waals surface area contributed by atoms with Gasteiger partial charge in [0.05, 0.1) is 10.5 Å². The number of rotatable bonds is 4. The van der Waals surface area contributed by atoms with Crippen LogP contribution in [0.5, 0.6) is 0 Å². The van der Waals surface area contributed by atoms with Gasteiger partial charge in [-0.2, -0.15) is 0 Å². The van der Waals surface area contributed by atoms with Crippen molar-refractivity contribution in [1.29, 1.82) is 0 Å². The molecule has 5 nitrogen and oxygen atoms in total. The van der Waals surface area contributed by atoms with Crippen LogP contribution in [-0.4, -0.2) is 44.1 Å². The van der Waals surface area contributed by atoms with Crippen LogP contribution >= 0.6 is 11.8 Å². The smallest absolute Gasteiger partial charge is 0.255 e. The van der Waals surface area contributed by atoms with Crippen molar-refractivity contribution in [2.24, 2.45) is 0 Å². The number of sulfonamides is 1. The third-order valence-electron chi connectivity index (χ3n) is 3.55. The molecule has 0 aliphatic carbocycles. The molecule has 1 N–H and O–H groups in total. The molecule has 1 saturated heterocycles. The quantitative estimate of drug-likeness (QED) is 0.843. The van der Waals surface area contributed by atoms with E-state index < -0.39 is 15.6 Å². The van der Waals surface area contributed by atoms with Gasteiger partial charge in [-0.3, -0.25) is 4.79 Å². The van der Waals surface area contributed by atoms with Crippen LogP contribution in [0.15, 0.2) is 28.0 Å². The summed E-state index contributed by atoms with van der Waals surface area (Å²) in [5.74, 6) is -0.0836. The molecule has 1 fully saturated rings. The molecule has 0 unspecified atom stereocenters. The van der Waals surface area contributed by atoms with Crippen molar-refractivity contribution < 1.29 is 13.2 Å². The molecule has 0 saturated carbocycles. The number of benzene rings is 1. The van der Waals surface area contributed by atoms with Crippen LogP contribution in [0.4, 0.5) is 0 Å². The summed E-state index contributed by atoms with van der Waals surface area (Å²) in [5.41, 5.74) is -0.105. The first-order chi connectivity index (χ1) is 10.6. The minimum atomic E-state index is -3.65. The Morgan fingerprint density at radius 2 is 1.83 bits per heavy atom. The summed E-state index contributed by atoms with van der Waals surface area (Å²) >= 11 is 1.45. The predicted molar refractivity (Wildman–Crippen MR) is 93.4 cm³/mol. The molecule has 23 heavy (non-hydrogen) atoms. The molecule has 0 bridgehead atoms. The van der Waals surface area contributed by atoms with Gasteiger partial charge in [-0.1, -0.05) is 0 Å². The minimum Gasteiger partial charge on any atom is -0.339 e. The molecule has 0 atom stereocenters. The first kappa shape index (κ1) is 18.3. The zero-order chi connectivity index (χ0) is 17.3. The molecular weight excluding hydrogens is 332 g/mol. The largest absolute Gasteiger partial charge is 0.339 e. The Hall–Kier alpha value is -1.05. The zero-order valence-corrected chi connectivity index (χ0v) is 15.7. The number of nitrogens with one attached hydrogen (secondary N) is 1. The van der Waals surface area contributed by atoms with E-state index in [9.17, 15) is 13.2 Å². The van der Waals surface area contributed by atoms with Gasteiger partial charge in [-0.05, 0) is 58.1 Å². The molecule has 128 valence electrons. The summed E-state index contributed by atoms with van der Waals surface area (Å²) in [6.45, 7) is 6.85. The fourth-order valence-corrected chi connectivity index (χ4v) is 4.59. The fourth-order valence-electron chi connectivity index (χ4n) is 2.57.